The van der Waals surface area contributed by atoms with Crippen molar-refractivity contribution in [3.63, 3.8) is 0 Å². The first kappa shape index (κ1) is 21.1. The fourth-order valence-corrected chi connectivity index (χ4v) is 3.73. The van der Waals surface area contributed by atoms with Crippen LogP contribution in [0.5, 0.6) is 5.75 Å². The summed E-state index contributed by atoms with van der Waals surface area (Å²) in [7, 11) is 0. The fraction of sp³-hybridized carbons (Fsp3) is 0.115. The number of ether oxygens (including phenoxy) is 1. The van der Waals surface area contributed by atoms with Crippen molar-refractivity contribution in [1.82, 2.24) is 9.88 Å². The number of Topliss-reactive ketones (excluding diaryl/α,β-unsaturated/α-hetero) is 1. The zero-order valence-electron chi connectivity index (χ0n) is 17.3. The summed E-state index contributed by atoms with van der Waals surface area (Å²) in [6.45, 7) is 4.19. The van der Waals surface area contributed by atoms with Crippen LogP contribution < -0.4 is 4.74 Å². The zero-order valence-corrected chi connectivity index (χ0v) is 17.3. The molecule has 1 amide bonds. The third kappa shape index (κ3) is 4.16. The van der Waals surface area contributed by atoms with Gasteiger partial charge < -0.3 is 14.7 Å². The molecule has 6 nitrogen and oxygen atoms in total. The Morgan fingerprint density at radius 1 is 1.03 bits per heavy atom. The van der Waals surface area contributed by atoms with E-state index < -0.39 is 17.7 Å². The first-order valence-electron chi connectivity index (χ1n) is 10.2. The Labute approximate surface area is 186 Å². The second-order valence-electron chi connectivity index (χ2n) is 7.32. The van der Waals surface area contributed by atoms with Crippen molar-refractivity contribution in [2.45, 2.75) is 12.6 Å². The number of likely N-dealkylation sites (tertiary alicyclic amines) is 1. The molecule has 0 spiro atoms. The van der Waals surface area contributed by atoms with E-state index in [9.17, 15) is 14.7 Å². The van der Waals surface area contributed by atoms with Crippen LogP contribution in [0, 0.1) is 0 Å². The van der Waals surface area contributed by atoms with Gasteiger partial charge in [0.1, 0.15) is 18.1 Å². The molecular formula is C26H22N2O4. The van der Waals surface area contributed by atoms with Crippen LogP contribution in [0.3, 0.4) is 0 Å². The number of carbonyl (C=O) groups excluding carboxylic acids is 2. The minimum Gasteiger partial charge on any atom is -0.507 e. The number of pyridine rings is 1. The molecule has 1 aliphatic heterocycles. The molecule has 0 aliphatic carbocycles. The van der Waals surface area contributed by atoms with Crippen molar-refractivity contribution in [3.05, 3.63) is 114 Å². The van der Waals surface area contributed by atoms with E-state index in [4.69, 9.17) is 4.74 Å². The monoisotopic (exact) mass is 426 g/mol. The number of nitrogens with zero attached hydrogens (tertiary/aromatic N) is 2. The number of ketones is 1. The lowest BCUT2D eigenvalue weighted by Gasteiger charge is -2.25. The molecule has 3 aromatic rings. The van der Waals surface area contributed by atoms with Gasteiger partial charge in [0.2, 0.25) is 0 Å². The van der Waals surface area contributed by atoms with Crippen molar-refractivity contribution in [1.29, 1.82) is 0 Å². The Balaban J connectivity index is 1.77. The van der Waals surface area contributed by atoms with E-state index in [1.165, 1.54) is 4.90 Å². The fourth-order valence-electron chi connectivity index (χ4n) is 3.73. The van der Waals surface area contributed by atoms with Crippen LogP contribution in [-0.2, 0) is 16.1 Å². The predicted molar refractivity (Wildman–Crippen MR) is 121 cm³/mol. The summed E-state index contributed by atoms with van der Waals surface area (Å²) in [6.07, 6.45) is 4.91. The highest BCUT2D eigenvalue weighted by Crippen LogP contribution is 2.40. The second-order valence-corrected chi connectivity index (χ2v) is 7.32. The van der Waals surface area contributed by atoms with Crippen molar-refractivity contribution in [2.24, 2.45) is 0 Å². The number of amides is 1. The minimum atomic E-state index is -0.711. The van der Waals surface area contributed by atoms with Crippen molar-refractivity contribution in [2.75, 3.05) is 6.61 Å². The van der Waals surface area contributed by atoms with Gasteiger partial charge in [-0.2, -0.15) is 0 Å². The molecule has 2 aromatic carbocycles. The average Bonchev–Trinajstić information content (AvgIpc) is 3.09. The molecular weight excluding hydrogens is 404 g/mol. The Kier molecular flexibility index (Phi) is 6.12. The van der Waals surface area contributed by atoms with Crippen LogP contribution in [0.25, 0.3) is 5.76 Å². The average molecular weight is 426 g/mol. The summed E-state index contributed by atoms with van der Waals surface area (Å²) in [4.78, 5) is 31.5. The topological polar surface area (TPSA) is 79.7 Å². The summed E-state index contributed by atoms with van der Waals surface area (Å²) in [5, 5.41) is 11.1. The lowest BCUT2D eigenvalue weighted by molar-refractivity contribution is -0.140. The van der Waals surface area contributed by atoms with Gasteiger partial charge in [0.15, 0.2) is 0 Å². The van der Waals surface area contributed by atoms with Crippen molar-refractivity contribution >= 4 is 17.4 Å². The number of benzene rings is 2. The predicted octanol–water partition coefficient (Wildman–Crippen LogP) is 4.27. The van der Waals surface area contributed by atoms with E-state index in [1.54, 1.807) is 54.9 Å². The number of hydrogen-bond acceptors (Lipinski definition) is 5. The summed E-state index contributed by atoms with van der Waals surface area (Å²) >= 11 is 0. The van der Waals surface area contributed by atoms with Gasteiger partial charge in [-0.15, -0.1) is 0 Å². The molecule has 1 N–H and O–H groups in total. The molecule has 0 radical (unpaired) electrons. The first-order chi connectivity index (χ1) is 15.6. The highest BCUT2D eigenvalue weighted by Gasteiger charge is 2.45. The van der Waals surface area contributed by atoms with Gasteiger partial charge in [-0.3, -0.25) is 14.6 Å². The lowest BCUT2D eigenvalue weighted by atomic mass is 9.95. The van der Waals surface area contributed by atoms with Crippen molar-refractivity contribution in [3.8, 4) is 5.75 Å². The van der Waals surface area contributed by atoms with Crippen molar-refractivity contribution < 1.29 is 19.4 Å². The summed E-state index contributed by atoms with van der Waals surface area (Å²) in [5.41, 5.74) is 2.08. The molecule has 2 heterocycles. The number of aliphatic hydroxyl groups is 1. The molecule has 1 unspecified atom stereocenters. The molecule has 0 bridgehead atoms. The van der Waals surface area contributed by atoms with E-state index in [0.717, 1.165) is 11.1 Å². The minimum absolute atomic E-state index is 0.0648. The SMILES string of the molecule is C=CCOc1ccc(C(O)=C2C(=O)C(=O)N(Cc3ccncc3)C2c2ccccc2)cc1. The van der Waals surface area contributed by atoms with Gasteiger partial charge in [0, 0.05) is 24.5 Å². The standard InChI is InChI=1S/C26H22N2O4/c1-2-16-32-21-10-8-20(9-11-21)24(29)22-23(19-6-4-3-5-7-19)28(26(31)25(22)30)17-18-12-14-27-15-13-18/h2-15,23,29H,1,16-17H2. The number of carbonyl (C=O) groups is 2. The molecule has 4 rings (SSSR count). The summed E-state index contributed by atoms with van der Waals surface area (Å²) in [6, 6.07) is 18.8. The van der Waals surface area contributed by atoms with E-state index in [1.807, 2.05) is 30.3 Å². The molecule has 1 atom stereocenters. The Bertz CT molecular complexity index is 1160. The van der Waals surface area contributed by atoms with Gasteiger partial charge in [-0.05, 0) is 47.5 Å². The molecule has 1 aliphatic rings. The highest BCUT2D eigenvalue weighted by molar-refractivity contribution is 6.46. The van der Waals surface area contributed by atoms with Gasteiger partial charge in [-0.25, -0.2) is 0 Å². The quantitative estimate of drug-likeness (QED) is 0.264. The molecule has 6 heteroatoms. The van der Waals surface area contributed by atoms with Crippen LogP contribution in [0.2, 0.25) is 0 Å². The molecule has 160 valence electrons. The van der Waals surface area contributed by atoms with E-state index >= 15 is 0 Å². The Morgan fingerprint density at radius 3 is 2.38 bits per heavy atom. The Hall–Kier alpha value is -4.19. The Morgan fingerprint density at radius 2 is 1.72 bits per heavy atom. The third-order valence-corrected chi connectivity index (χ3v) is 5.25. The maximum absolute atomic E-state index is 13.1. The second kappa shape index (κ2) is 9.31. The van der Waals surface area contributed by atoms with Crippen LogP contribution in [0.1, 0.15) is 22.7 Å². The number of aliphatic hydroxyl groups excluding tert-OH is 1. The van der Waals surface area contributed by atoms with E-state index in [-0.39, 0.29) is 17.9 Å². The van der Waals surface area contributed by atoms with Crippen LogP contribution in [-0.4, -0.2) is 33.3 Å². The van der Waals surface area contributed by atoms with Gasteiger partial charge in [0.05, 0.1) is 11.6 Å². The number of hydrogen-bond donors (Lipinski definition) is 1. The number of rotatable bonds is 7. The zero-order chi connectivity index (χ0) is 22.5. The largest absolute Gasteiger partial charge is 0.507 e. The highest BCUT2D eigenvalue weighted by atomic mass is 16.5. The summed E-state index contributed by atoms with van der Waals surface area (Å²) in [5.74, 6) is -0.968. The van der Waals surface area contributed by atoms with Gasteiger partial charge in [0.25, 0.3) is 11.7 Å². The van der Waals surface area contributed by atoms with Crippen LogP contribution in [0.4, 0.5) is 0 Å². The molecule has 32 heavy (non-hydrogen) atoms. The molecule has 1 saturated heterocycles. The normalized spacial score (nSPS) is 17.4. The maximum atomic E-state index is 13.1. The lowest BCUT2D eigenvalue weighted by Crippen LogP contribution is -2.29. The molecule has 1 aromatic heterocycles. The molecule has 1 fully saturated rings. The maximum Gasteiger partial charge on any atom is 0.295 e. The van der Waals surface area contributed by atoms with Gasteiger partial charge in [-0.1, -0.05) is 43.0 Å². The van der Waals surface area contributed by atoms with Crippen LogP contribution in [0.15, 0.2) is 97.4 Å². The third-order valence-electron chi connectivity index (χ3n) is 5.25. The van der Waals surface area contributed by atoms with E-state index in [0.29, 0.717) is 17.9 Å². The van der Waals surface area contributed by atoms with Crippen LogP contribution >= 0.6 is 0 Å². The van der Waals surface area contributed by atoms with Gasteiger partial charge >= 0.3 is 0 Å². The number of aromatic nitrogens is 1. The summed E-state index contributed by atoms with van der Waals surface area (Å²) < 4.78 is 5.48. The smallest absolute Gasteiger partial charge is 0.295 e. The first-order valence-corrected chi connectivity index (χ1v) is 10.2. The van der Waals surface area contributed by atoms with E-state index in [2.05, 4.69) is 11.6 Å². The molecule has 0 saturated carbocycles.